The number of unbranched alkanes of at least 4 members (excludes halogenated alkanes) is 2. The summed E-state index contributed by atoms with van der Waals surface area (Å²) in [4.78, 5) is 3.91. The van der Waals surface area contributed by atoms with Crippen LogP contribution in [-0.2, 0) is 0 Å². The molecule has 0 saturated heterocycles. The van der Waals surface area contributed by atoms with Gasteiger partial charge in [-0.05, 0) is 25.5 Å². The Balaban J connectivity index is -0.000000271. The molecule has 0 aliphatic carbocycles. The second-order valence-electron chi connectivity index (χ2n) is 3.62. The number of rotatable bonds is 7. The van der Waals surface area contributed by atoms with Crippen molar-refractivity contribution < 1.29 is 0 Å². The summed E-state index contributed by atoms with van der Waals surface area (Å²) in [6.45, 7) is 12.7. The summed E-state index contributed by atoms with van der Waals surface area (Å²) in [6, 6.07) is 0. The van der Waals surface area contributed by atoms with Crippen molar-refractivity contribution in [3.8, 4) is 0 Å². The van der Waals surface area contributed by atoms with Crippen molar-refractivity contribution in [1.29, 1.82) is 0 Å². The van der Waals surface area contributed by atoms with Gasteiger partial charge >= 0.3 is 0 Å². The molecule has 0 radical (unpaired) electrons. The summed E-state index contributed by atoms with van der Waals surface area (Å²) in [5.41, 5.74) is 6.44. The molecule has 0 fully saturated rings. The number of hydrogen-bond acceptors (Lipinski definition) is 2. The Kier molecular flexibility index (Phi) is 31.0. The number of nitrogens with zero attached hydrogens (tertiary/aromatic N) is 1. The molecule has 112 valence electrons. The lowest BCUT2D eigenvalue weighted by atomic mass is 10.2. The molecular formula is C17H34N2. The summed E-state index contributed by atoms with van der Waals surface area (Å²) in [6.07, 6.45) is 14.4. The first kappa shape index (κ1) is 23.0. The quantitative estimate of drug-likeness (QED) is 0.396. The normalized spacial score (nSPS) is 10.7. The van der Waals surface area contributed by atoms with Crippen molar-refractivity contribution in [1.82, 2.24) is 0 Å². The van der Waals surface area contributed by atoms with Gasteiger partial charge in [-0.15, -0.1) is 0 Å². The van der Waals surface area contributed by atoms with Crippen LogP contribution in [0.1, 0.15) is 53.4 Å². The first-order valence-electron chi connectivity index (χ1n) is 7.31. The molecule has 0 atom stereocenters. The summed E-state index contributed by atoms with van der Waals surface area (Å²) < 4.78 is 0. The number of hydrogen-bond donors (Lipinski definition) is 1. The molecule has 0 aliphatic rings. The van der Waals surface area contributed by atoms with Gasteiger partial charge < -0.3 is 10.7 Å². The molecule has 0 aliphatic heterocycles. The average Bonchev–Trinajstić information content (AvgIpc) is 2.46. The van der Waals surface area contributed by atoms with Gasteiger partial charge in [0, 0.05) is 19.7 Å². The van der Waals surface area contributed by atoms with Crippen molar-refractivity contribution >= 4 is 6.21 Å². The first-order chi connectivity index (χ1) is 9.26. The van der Waals surface area contributed by atoms with Crippen LogP contribution in [0, 0.1) is 0 Å². The van der Waals surface area contributed by atoms with E-state index in [1.54, 1.807) is 13.1 Å². The van der Waals surface area contributed by atoms with Crippen molar-refractivity contribution in [3.63, 3.8) is 0 Å². The zero-order valence-corrected chi connectivity index (χ0v) is 13.7. The number of aliphatic imine (C=N–C) groups is 1. The Morgan fingerprint density at radius 3 is 2.21 bits per heavy atom. The Morgan fingerprint density at radius 1 is 1.26 bits per heavy atom. The molecule has 19 heavy (non-hydrogen) atoms. The smallest absolute Gasteiger partial charge is 0.0273 e. The topological polar surface area (TPSA) is 38.4 Å². The molecule has 0 aromatic carbocycles. The molecule has 0 aromatic rings. The molecule has 2 nitrogen and oxygen atoms in total. The van der Waals surface area contributed by atoms with Gasteiger partial charge in [-0.3, -0.25) is 0 Å². The van der Waals surface area contributed by atoms with Crippen LogP contribution < -0.4 is 5.73 Å². The monoisotopic (exact) mass is 266 g/mol. The molecule has 0 unspecified atom stereocenters. The fourth-order valence-electron chi connectivity index (χ4n) is 1.15. The van der Waals surface area contributed by atoms with Crippen molar-refractivity contribution in [3.05, 3.63) is 36.5 Å². The maximum Gasteiger partial charge on any atom is 0.0273 e. The molecule has 0 bridgehead atoms. The highest BCUT2D eigenvalue weighted by atomic mass is 14.6. The second kappa shape index (κ2) is 25.6. The van der Waals surface area contributed by atoms with Crippen LogP contribution in [0.4, 0.5) is 0 Å². The lowest BCUT2D eigenvalue weighted by Gasteiger charge is -1.92. The highest BCUT2D eigenvalue weighted by Gasteiger charge is 1.85. The molecule has 0 aromatic heterocycles. The van der Waals surface area contributed by atoms with Crippen molar-refractivity contribution in [2.75, 3.05) is 13.6 Å². The van der Waals surface area contributed by atoms with Gasteiger partial charge in [-0.25, -0.2) is 0 Å². The van der Waals surface area contributed by atoms with E-state index in [0.717, 1.165) is 13.0 Å². The van der Waals surface area contributed by atoms with Gasteiger partial charge in [-0.2, -0.15) is 0 Å². The third kappa shape index (κ3) is 26.5. The lowest BCUT2D eigenvalue weighted by Crippen LogP contribution is -1.96. The van der Waals surface area contributed by atoms with Crippen LogP contribution in [0.15, 0.2) is 41.4 Å². The van der Waals surface area contributed by atoms with E-state index in [-0.39, 0.29) is 0 Å². The van der Waals surface area contributed by atoms with Gasteiger partial charge in [0.05, 0.1) is 0 Å². The maximum atomic E-state index is 5.21. The van der Waals surface area contributed by atoms with E-state index in [9.17, 15) is 0 Å². The molecule has 0 spiro atoms. The second-order valence-corrected chi connectivity index (χ2v) is 3.62. The Hall–Kier alpha value is -1.15. The van der Waals surface area contributed by atoms with E-state index in [2.05, 4.69) is 24.6 Å². The molecule has 0 amide bonds. The zero-order valence-electron chi connectivity index (χ0n) is 13.7. The molecule has 2 heteroatoms. The van der Waals surface area contributed by atoms with E-state index in [4.69, 9.17) is 5.73 Å². The Labute approximate surface area is 121 Å². The largest absolute Gasteiger partial charge is 0.330 e. The average molecular weight is 266 g/mol. The van der Waals surface area contributed by atoms with E-state index in [1.165, 1.54) is 24.8 Å². The summed E-state index contributed by atoms with van der Waals surface area (Å²) in [5.74, 6) is 0. The van der Waals surface area contributed by atoms with E-state index in [1.807, 2.05) is 39.1 Å². The lowest BCUT2D eigenvalue weighted by molar-refractivity contribution is 0.727. The van der Waals surface area contributed by atoms with Crippen molar-refractivity contribution in [2.45, 2.75) is 53.4 Å². The number of allylic oxidation sites excluding steroid dienone is 5. The van der Waals surface area contributed by atoms with Gasteiger partial charge in [0.1, 0.15) is 0 Å². The summed E-state index contributed by atoms with van der Waals surface area (Å²) in [7, 11) is 1.78. The Bertz CT molecular complexity index is 234. The molecule has 0 rings (SSSR count). The van der Waals surface area contributed by atoms with Gasteiger partial charge in [0.25, 0.3) is 0 Å². The zero-order chi connectivity index (χ0) is 15.4. The van der Waals surface area contributed by atoms with Crippen LogP contribution in [0.5, 0.6) is 0 Å². The third-order valence-electron chi connectivity index (χ3n) is 2.03. The molecule has 0 heterocycles. The van der Waals surface area contributed by atoms with Crippen molar-refractivity contribution in [2.24, 2.45) is 10.7 Å². The minimum atomic E-state index is 0.855. The standard InChI is InChI=1S/C10H15N.C5H13N.C2H6/c1-4-6-10(7-5-2)8-9-11-3;1-2-3-4-5-6;1-2/h4-7,9H,1,8H2,2-3H3;2-6H2,1H3;1-2H3/b7-5-,10-6+,11-9?;;. The molecule has 2 N–H and O–H groups in total. The van der Waals surface area contributed by atoms with Gasteiger partial charge in [-0.1, -0.05) is 64.5 Å². The minimum Gasteiger partial charge on any atom is -0.330 e. The van der Waals surface area contributed by atoms with Gasteiger partial charge in [0.15, 0.2) is 0 Å². The fourth-order valence-corrected chi connectivity index (χ4v) is 1.15. The maximum absolute atomic E-state index is 5.21. The van der Waals surface area contributed by atoms with E-state index in [0.29, 0.717) is 0 Å². The highest BCUT2D eigenvalue weighted by molar-refractivity contribution is 5.62. The van der Waals surface area contributed by atoms with Crippen LogP contribution >= 0.6 is 0 Å². The van der Waals surface area contributed by atoms with E-state index >= 15 is 0 Å². The Morgan fingerprint density at radius 2 is 1.89 bits per heavy atom. The fraction of sp³-hybridized carbons (Fsp3) is 0.588. The summed E-state index contributed by atoms with van der Waals surface area (Å²) >= 11 is 0. The van der Waals surface area contributed by atoms with Crippen LogP contribution in [0.3, 0.4) is 0 Å². The SMILES string of the molecule is C=C/C=C(\C=C/C)CC=NC.CC.CCCCCN. The van der Waals surface area contributed by atoms with Crippen LogP contribution in [0.25, 0.3) is 0 Å². The highest BCUT2D eigenvalue weighted by Crippen LogP contribution is 2.01. The predicted molar refractivity (Wildman–Crippen MR) is 92.1 cm³/mol. The first-order valence-corrected chi connectivity index (χ1v) is 7.31. The van der Waals surface area contributed by atoms with Gasteiger partial charge in [0.2, 0.25) is 0 Å². The minimum absolute atomic E-state index is 0.855. The predicted octanol–water partition coefficient (Wildman–Crippen LogP) is 4.93. The molecular weight excluding hydrogens is 232 g/mol. The molecule has 0 saturated carbocycles. The van der Waals surface area contributed by atoms with E-state index < -0.39 is 0 Å². The third-order valence-corrected chi connectivity index (χ3v) is 2.03. The number of nitrogens with two attached hydrogens (primary N) is 1. The van der Waals surface area contributed by atoms with Crippen LogP contribution in [-0.4, -0.2) is 19.8 Å². The van der Waals surface area contributed by atoms with Crippen LogP contribution in [0.2, 0.25) is 0 Å². The summed E-state index contributed by atoms with van der Waals surface area (Å²) in [5, 5.41) is 0.